The summed E-state index contributed by atoms with van der Waals surface area (Å²) in [4.78, 5) is 26.8. The van der Waals surface area contributed by atoms with E-state index >= 15 is 0 Å². The minimum atomic E-state index is -0.623. The van der Waals surface area contributed by atoms with E-state index in [0.717, 1.165) is 56.9 Å². The molecule has 1 aromatic rings. The van der Waals surface area contributed by atoms with Crippen LogP contribution in [-0.4, -0.2) is 66.2 Å². The summed E-state index contributed by atoms with van der Waals surface area (Å²) < 4.78 is 17.9. The summed E-state index contributed by atoms with van der Waals surface area (Å²) in [5.74, 6) is 1.40. The summed E-state index contributed by atoms with van der Waals surface area (Å²) >= 11 is 0. The summed E-state index contributed by atoms with van der Waals surface area (Å²) in [5, 5.41) is 12.5. The molecule has 2 amide bonds. The number of fused-ring (bicyclic) bond motifs is 6. The Kier molecular flexibility index (Phi) is 7.20. The number of aliphatic hydroxyl groups is 1. The van der Waals surface area contributed by atoms with Crippen LogP contribution in [0.2, 0.25) is 0 Å². The number of hydrogen-bond acceptors (Lipinski definition) is 6. The van der Waals surface area contributed by atoms with E-state index in [1.54, 1.807) is 24.3 Å². The third-order valence-corrected chi connectivity index (χ3v) is 12.9. The van der Waals surface area contributed by atoms with E-state index in [-0.39, 0.29) is 35.0 Å². The highest BCUT2D eigenvalue weighted by Crippen LogP contribution is 2.69. The average molecular weight is 578 g/mol. The van der Waals surface area contributed by atoms with Crippen molar-refractivity contribution in [3.63, 3.8) is 0 Å². The van der Waals surface area contributed by atoms with E-state index < -0.39 is 5.60 Å². The quantitative estimate of drug-likeness (QED) is 0.342. The molecule has 7 heteroatoms. The monoisotopic (exact) mass is 577 g/mol. The molecule has 4 aliphatic carbocycles. The van der Waals surface area contributed by atoms with Crippen molar-refractivity contribution in [3.8, 4) is 0 Å². The van der Waals surface area contributed by atoms with Gasteiger partial charge in [-0.15, -0.1) is 0 Å². The van der Waals surface area contributed by atoms with Gasteiger partial charge in [-0.25, -0.2) is 0 Å². The highest BCUT2D eigenvalue weighted by Gasteiger charge is 2.66. The van der Waals surface area contributed by atoms with Gasteiger partial charge in [0.15, 0.2) is 6.29 Å². The molecule has 228 valence electrons. The summed E-state index contributed by atoms with van der Waals surface area (Å²) in [6.45, 7) is 8.97. The van der Waals surface area contributed by atoms with Crippen molar-refractivity contribution in [2.75, 3.05) is 26.4 Å². The van der Waals surface area contributed by atoms with E-state index in [1.807, 2.05) is 0 Å². The molecule has 2 heterocycles. The number of carbonyl (C=O) groups excluding carboxylic acids is 2. The van der Waals surface area contributed by atoms with Crippen molar-refractivity contribution in [2.45, 2.75) is 96.6 Å². The maximum absolute atomic E-state index is 12.7. The molecule has 0 radical (unpaired) electrons. The van der Waals surface area contributed by atoms with E-state index in [0.29, 0.717) is 61.2 Å². The fraction of sp³-hybridized carbons (Fsp3) is 0.714. The topological polar surface area (TPSA) is 85.3 Å². The first kappa shape index (κ1) is 28.7. The van der Waals surface area contributed by atoms with Crippen molar-refractivity contribution >= 4 is 11.8 Å². The van der Waals surface area contributed by atoms with Gasteiger partial charge in [-0.1, -0.05) is 32.1 Å². The Morgan fingerprint density at radius 3 is 2.40 bits per heavy atom. The summed E-state index contributed by atoms with van der Waals surface area (Å²) in [7, 11) is 0. The fourth-order valence-electron chi connectivity index (χ4n) is 10.4. The van der Waals surface area contributed by atoms with Crippen LogP contribution in [-0.2, 0) is 14.2 Å². The Labute approximate surface area is 250 Å². The molecule has 0 spiro atoms. The predicted molar refractivity (Wildman–Crippen MR) is 158 cm³/mol. The molecule has 7 nitrogen and oxygen atoms in total. The van der Waals surface area contributed by atoms with Crippen molar-refractivity contribution in [1.29, 1.82) is 0 Å². The van der Waals surface area contributed by atoms with Crippen LogP contribution in [0, 0.1) is 34.5 Å². The maximum atomic E-state index is 12.7. The van der Waals surface area contributed by atoms with E-state index in [4.69, 9.17) is 14.2 Å². The van der Waals surface area contributed by atoms with Gasteiger partial charge in [0.1, 0.15) is 0 Å². The number of rotatable bonds is 6. The second kappa shape index (κ2) is 10.5. The lowest BCUT2D eigenvalue weighted by molar-refractivity contribution is -0.209. The first-order chi connectivity index (χ1) is 20.2. The Morgan fingerprint density at radius 1 is 0.976 bits per heavy atom. The zero-order valence-electron chi connectivity index (χ0n) is 25.5. The predicted octanol–water partition coefficient (Wildman–Crippen LogP) is 5.76. The largest absolute Gasteiger partial charge is 0.389 e. The second-order valence-corrected chi connectivity index (χ2v) is 14.6. The number of hydrogen-bond donors (Lipinski definition) is 1. The summed E-state index contributed by atoms with van der Waals surface area (Å²) in [5.41, 5.74) is 1.63. The SMILES string of the molecule is C/C(=C/[C@H]1CC[C@@]2(O)[C@@H]3CCC4CC(OCCN5C(=O)c6ccccc6C5=O)CC[C@]4(C)[C@H]3CC[C@]12C)C1OCCO1. The van der Waals surface area contributed by atoms with Crippen molar-refractivity contribution in [2.24, 2.45) is 34.5 Å². The molecule has 5 fully saturated rings. The third kappa shape index (κ3) is 4.28. The standard InChI is InChI=1S/C35H47NO6/c1-22(32-41-18-19-42-32)20-24-10-15-35(39)29-9-8-23-21-25(11-13-33(23,2)28(29)12-14-34(24,35)3)40-17-16-36-30(37)26-6-4-5-7-27(26)31(36)38/h4-7,20,23-25,28-29,32,39H,8-19,21H2,1-3H3/b22-20-/t23?,24-,25?,28+,29-,33+,34-,35-/m1/s1. The number of nitrogens with zero attached hydrogens (tertiary/aromatic N) is 1. The fourth-order valence-corrected chi connectivity index (χ4v) is 10.4. The lowest BCUT2D eigenvalue weighted by Gasteiger charge is -2.63. The van der Waals surface area contributed by atoms with Gasteiger partial charge in [-0.2, -0.15) is 0 Å². The minimum Gasteiger partial charge on any atom is -0.389 e. The number of ether oxygens (including phenoxy) is 3. The molecule has 4 saturated carbocycles. The normalized spacial score (nSPS) is 42.0. The van der Waals surface area contributed by atoms with Gasteiger partial charge >= 0.3 is 0 Å². The van der Waals surface area contributed by atoms with Crippen LogP contribution >= 0.6 is 0 Å². The van der Waals surface area contributed by atoms with Crippen LogP contribution in [0.3, 0.4) is 0 Å². The van der Waals surface area contributed by atoms with Crippen molar-refractivity contribution < 1.29 is 28.9 Å². The Hall–Kier alpha value is -2.06. The highest BCUT2D eigenvalue weighted by atomic mass is 16.7. The van der Waals surface area contributed by atoms with Gasteiger partial charge in [0.25, 0.3) is 11.8 Å². The molecule has 0 aromatic heterocycles. The van der Waals surface area contributed by atoms with Crippen LogP contribution in [0.15, 0.2) is 35.9 Å². The number of amides is 2. The minimum absolute atomic E-state index is 0.109. The maximum Gasteiger partial charge on any atom is 0.261 e. The molecule has 6 aliphatic rings. The van der Waals surface area contributed by atoms with Gasteiger partial charge in [0.05, 0.1) is 49.2 Å². The van der Waals surface area contributed by atoms with Crippen molar-refractivity contribution in [3.05, 3.63) is 47.0 Å². The number of allylic oxidation sites excluding steroid dienone is 1. The molecule has 1 N–H and O–H groups in total. The Bertz CT molecular complexity index is 1240. The van der Waals surface area contributed by atoms with Crippen molar-refractivity contribution in [1.82, 2.24) is 4.90 Å². The van der Waals surface area contributed by atoms with E-state index in [1.165, 1.54) is 11.3 Å². The van der Waals surface area contributed by atoms with E-state index in [9.17, 15) is 14.7 Å². The summed E-state index contributed by atoms with van der Waals surface area (Å²) in [6, 6.07) is 7.05. The van der Waals surface area contributed by atoms with Crippen LogP contribution < -0.4 is 0 Å². The number of carbonyl (C=O) groups is 2. The number of benzene rings is 1. The Morgan fingerprint density at radius 2 is 1.69 bits per heavy atom. The smallest absolute Gasteiger partial charge is 0.261 e. The number of imide groups is 1. The van der Waals surface area contributed by atoms with E-state index in [2.05, 4.69) is 26.8 Å². The Balaban J connectivity index is 0.982. The summed E-state index contributed by atoms with van der Waals surface area (Å²) in [6.07, 6.45) is 11.8. The van der Waals surface area contributed by atoms with Crippen LogP contribution in [0.25, 0.3) is 0 Å². The molecule has 0 bridgehead atoms. The molecule has 1 saturated heterocycles. The molecular formula is C35H47NO6. The molecule has 8 atom stereocenters. The van der Waals surface area contributed by atoms with Gasteiger partial charge in [-0.05, 0) is 112 Å². The van der Waals surface area contributed by atoms with Gasteiger partial charge in [0, 0.05) is 5.41 Å². The first-order valence-corrected chi connectivity index (χ1v) is 16.4. The van der Waals surface area contributed by atoms with Gasteiger partial charge in [-0.3, -0.25) is 14.5 Å². The molecule has 2 unspecified atom stereocenters. The van der Waals surface area contributed by atoms with Crippen LogP contribution in [0.4, 0.5) is 0 Å². The van der Waals surface area contributed by atoms with Gasteiger partial charge in [0.2, 0.25) is 0 Å². The first-order valence-electron chi connectivity index (χ1n) is 16.4. The average Bonchev–Trinajstić information content (AvgIpc) is 3.68. The second-order valence-electron chi connectivity index (χ2n) is 14.6. The molecule has 1 aromatic carbocycles. The lowest BCUT2D eigenvalue weighted by Crippen LogP contribution is -2.62. The van der Waals surface area contributed by atoms with Gasteiger partial charge < -0.3 is 19.3 Å². The zero-order valence-corrected chi connectivity index (χ0v) is 25.5. The zero-order chi connectivity index (χ0) is 29.3. The molecular weight excluding hydrogens is 530 g/mol. The molecule has 42 heavy (non-hydrogen) atoms. The van der Waals surface area contributed by atoms with Crippen LogP contribution in [0.5, 0.6) is 0 Å². The molecule has 7 rings (SSSR count). The van der Waals surface area contributed by atoms with Crippen LogP contribution in [0.1, 0.15) is 99.3 Å². The lowest BCUT2D eigenvalue weighted by atomic mass is 9.43. The highest BCUT2D eigenvalue weighted by molar-refractivity contribution is 6.21. The third-order valence-electron chi connectivity index (χ3n) is 12.9. The molecule has 2 aliphatic heterocycles.